The van der Waals surface area contributed by atoms with Crippen LogP contribution >= 0.6 is 0 Å². The van der Waals surface area contributed by atoms with Crippen molar-refractivity contribution in [3.63, 3.8) is 0 Å². The summed E-state index contributed by atoms with van der Waals surface area (Å²) in [5, 5.41) is 3.27. The molecule has 0 saturated carbocycles. The fourth-order valence-electron chi connectivity index (χ4n) is 2.36. The molecular formula is C15H17N5O. The molecule has 0 aromatic carbocycles. The minimum absolute atomic E-state index is 0.0234. The number of carbonyl (C=O) groups is 1. The Hall–Kier alpha value is -2.50. The Balaban J connectivity index is 1.60. The number of amides is 1. The number of nitrogens with one attached hydrogen (secondary N) is 1. The number of nitrogens with zero attached hydrogens (tertiary/aromatic N) is 4. The maximum Gasteiger partial charge on any atom is 0.272 e. The molecule has 1 fully saturated rings. The second kappa shape index (κ2) is 5.87. The van der Waals surface area contributed by atoms with Gasteiger partial charge in [0, 0.05) is 37.7 Å². The summed E-state index contributed by atoms with van der Waals surface area (Å²) in [6, 6.07) is 5.55. The number of anilines is 1. The SMILES string of the molecule is Cc1cnc(NC2CCN(C(=O)c3ccccn3)C2)nc1. The summed E-state index contributed by atoms with van der Waals surface area (Å²) in [7, 11) is 0. The third-order valence-electron chi connectivity index (χ3n) is 3.47. The number of hydrogen-bond donors (Lipinski definition) is 1. The third-order valence-corrected chi connectivity index (χ3v) is 3.47. The normalized spacial score (nSPS) is 17.8. The van der Waals surface area contributed by atoms with Crippen LogP contribution in [0, 0.1) is 6.92 Å². The molecule has 2 aromatic heterocycles. The van der Waals surface area contributed by atoms with E-state index in [9.17, 15) is 4.79 Å². The van der Waals surface area contributed by atoms with E-state index in [0.29, 0.717) is 18.2 Å². The quantitative estimate of drug-likeness (QED) is 0.924. The molecule has 0 spiro atoms. The third kappa shape index (κ3) is 3.16. The Morgan fingerprint density at radius 2 is 2.10 bits per heavy atom. The van der Waals surface area contributed by atoms with E-state index >= 15 is 0 Å². The van der Waals surface area contributed by atoms with Gasteiger partial charge in [0.15, 0.2) is 0 Å². The van der Waals surface area contributed by atoms with Crippen molar-refractivity contribution in [1.29, 1.82) is 0 Å². The first-order valence-electron chi connectivity index (χ1n) is 6.98. The predicted octanol–water partition coefficient (Wildman–Crippen LogP) is 1.51. The summed E-state index contributed by atoms with van der Waals surface area (Å²) in [6.45, 7) is 3.32. The van der Waals surface area contributed by atoms with Crippen LogP contribution in [0.4, 0.5) is 5.95 Å². The van der Waals surface area contributed by atoms with E-state index < -0.39 is 0 Å². The minimum Gasteiger partial charge on any atom is -0.350 e. The van der Waals surface area contributed by atoms with Crippen molar-refractivity contribution < 1.29 is 4.79 Å². The van der Waals surface area contributed by atoms with Gasteiger partial charge in [0.05, 0.1) is 0 Å². The first-order chi connectivity index (χ1) is 10.2. The van der Waals surface area contributed by atoms with Crippen molar-refractivity contribution in [3.8, 4) is 0 Å². The molecule has 1 aliphatic rings. The maximum atomic E-state index is 12.3. The molecule has 6 heteroatoms. The highest BCUT2D eigenvalue weighted by molar-refractivity contribution is 5.92. The monoisotopic (exact) mass is 283 g/mol. The summed E-state index contributed by atoms with van der Waals surface area (Å²) in [5.74, 6) is 0.586. The van der Waals surface area contributed by atoms with E-state index in [2.05, 4.69) is 20.3 Å². The fraction of sp³-hybridized carbons (Fsp3) is 0.333. The molecule has 1 unspecified atom stereocenters. The van der Waals surface area contributed by atoms with Gasteiger partial charge in [-0.2, -0.15) is 0 Å². The summed E-state index contributed by atoms with van der Waals surface area (Å²) >= 11 is 0. The highest BCUT2D eigenvalue weighted by Crippen LogP contribution is 2.15. The van der Waals surface area contributed by atoms with Gasteiger partial charge in [0.25, 0.3) is 5.91 Å². The van der Waals surface area contributed by atoms with E-state index in [1.165, 1.54) is 0 Å². The molecule has 3 rings (SSSR count). The molecule has 3 heterocycles. The smallest absolute Gasteiger partial charge is 0.272 e. The first-order valence-corrected chi connectivity index (χ1v) is 6.98. The van der Waals surface area contributed by atoms with Gasteiger partial charge in [-0.3, -0.25) is 9.78 Å². The highest BCUT2D eigenvalue weighted by Gasteiger charge is 2.27. The number of hydrogen-bond acceptors (Lipinski definition) is 5. The standard InChI is InChI=1S/C15H17N5O/c1-11-8-17-15(18-9-11)19-12-5-7-20(10-12)14(21)13-4-2-3-6-16-13/h2-4,6,8-9,12H,5,7,10H2,1H3,(H,17,18,19). The van der Waals surface area contributed by atoms with Crippen LogP contribution in [-0.2, 0) is 0 Å². The van der Waals surface area contributed by atoms with Crippen molar-refractivity contribution >= 4 is 11.9 Å². The molecule has 2 aromatic rings. The average Bonchev–Trinajstić information content (AvgIpc) is 2.98. The summed E-state index contributed by atoms with van der Waals surface area (Å²) < 4.78 is 0. The number of pyridine rings is 1. The summed E-state index contributed by atoms with van der Waals surface area (Å²) in [4.78, 5) is 26.7. The van der Waals surface area contributed by atoms with Gasteiger partial charge in [-0.15, -0.1) is 0 Å². The van der Waals surface area contributed by atoms with Gasteiger partial charge in [-0.25, -0.2) is 9.97 Å². The van der Waals surface area contributed by atoms with Crippen LogP contribution in [0.5, 0.6) is 0 Å². The van der Waals surface area contributed by atoms with Crippen molar-refractivity contribution in [2.45, 2.75) is 19.4 Å². The molecular weight excluding hydrogens is 266 g/mol. The number of aryl methyl sites for hydroxylation is 1. The molecule has 1 atom stereocenters. The van der Waals surface area contributed by atoms with Gasteiger partial charge < -0.3 is 10.2 Å². The lowest BCUT2D eigenvalue weighted by atomic mass is 10.3. The zero-order valence-electron chi connectivity index (χ0n) is 11.9. The van der Waals surface area contributed by atoms with Crippen LogP contribution in [-0.4, -0.2) is 44.9 Å². The highest BCUT2D eigenvalue weighted by atomic mass is 16.2. The van der Waals surface area contributed by atoms with Crippen LogP contribution < -0.4 is 5.32 Å². The van der Waals surface area contributed by atoms with Crippen molar-refractivity contribution in [1.82, 2.24) is 19.9 Å². The molecule has 0 bridgehead atoms. The number of rotatable bonds is 3. The lowest BCUT2D eigenvalue weighted by molar-refractivity contribution is 0.0786. The average molecular weight is 283 g/mol. The van der Waals surface area contributed by atoms with E-state index in [-0.39, 0.29) is 11.9 Å². The van der Waals surface area contributed by atoms with Gasteiger partial charge in [0.2, 0.25) is 5.95 Å². The number of carbonyl (C=O) groups excluding carboxylic acids is 1. The van der Waals surface area contributed by atoms with Crippen LogP contribution in [0.15, 0.2) is 36.8 Å². The molecule has 1 amide bonds. The first kappa shape index (κ1) is 13.5. The lowest BCUT2D eigenvalue weighted by Gasteiger charge is -2.16. The summed E-state index contributed by atoms with van der Waals surface area (Å²) in [6.07, 6.45) is 6.08. The molecule has 6 nitrogen and oxygen atoms in total. The number of likely N-dealkylation sites (tertiary alicyclic amines) is 1. The molecule has 21 heavy (non-hydrogen) atoms. The lowest BCUT2D eigenvalue weighted by Crippen LogP contribution is -2.32. The van der Waals surface area contributed by atoms with E-state index in [0.717, 1.165) is 18.5 Å². The van der Waals surface area contributed by atoms with Crippen LogP contribution in [0.25, 0.3) is 0 Å². The van der Waals surface area contributed by atoms with Crippen molar-refractivity contribution in [2.24, 2.45) is 0 Å². The van der Waals surface area contributed by atoms with Crippen LogP contribution in [0.2, 0.25) is 0 Å². The molecule has 1 aliphatic heterocycles. The number of aromatic nitrogens is 3. The maximum absolute atomic E-state index is 12.3. The molecule has 0 aliphatic carbocycles. The van der Waals surface area contributed by atoms with E-state index in [4.69, 9.17) is 0 Å². The topological polar surface area (TPSA) is 71.0 Å². The molecule has 1 N–H and O–H groups in total. The minimum atomic E-state index is -0.0234. The predicted molar refractivity (Wildman–Crippen MR) is 78.9 cm³/mol. The second-order valence-electron chi connectivity index (χ2n) is 5.18. The van der Waals surface area contributed by atoms with Gasteiger partial charge >= 0.3 is 0 Å². The zero-order chi connectivity index (χ0) is 14.7. The summed E-state index contributed by atoms with van der Waals surface area (Å²) in [5.41, 5.74) is 1.52. The van der Waals surface area contributed by atoms with Gasteiger partial charge in [-0.05, 0) is 31.0 Å². The Labute approximate surface area is 123 Å². The Morgan fingerprint density at radius 1 is 1.29 bits per heavy atom. The molecule has 0 radical (unpaired) electrons. The fourth-order valence-corrected chi connectivity index (χ4v) is 2.36. The van der Waals surface area contributed by atoms with E-state index in [1.54, 1.807) is 30.7 Å². The van der Waals surface area contributed by atoms with Crippen LogP contribution in [0.3, 0.4) is 0 Å². The van der Waals surface area contributed by atoms with E-state index in [1.807, 2.05) is 17.9 Å². The Bertz CT molecular complexity index is 614. The van der Waals surface area contributed by atoms with Gasteiger partial charge in [-0.1, -0.05) is 6.07 Å². The van der Waals surface area contributed by atoms with Crippen molar-refractivity contribution in [3.05, 3.63) is 48.0 Å². The van der Waals surface area contributed by atoms with Gasteiger partial charge in [0.1, 0.15) is 5.69 Å². The molecule has 108 valence electrons. The van der Waals surface area contributed by atoms with Crippen molar-refractivity contribution in [2.75, 3.05) is 18.4 Å². The molecule has 1 saturated heterocycles. The Morgan fingerprint density at radius 3 is 2.81 bits per heavy atom. The second-order valence-corrected chi connectivity index (χ2v) is 5.18. The van der Waals surface area contributed by atoms with Crippen LogP contribution in [0.1, 0.15) is 22.5 Å². The zero-order valence-corrected chi connectivity index (χ0v) is 11.9. The Kier molecular flexibility index (Phi) is 3.77. The largest absolute Gasteiger partial charge is 0.350 e.